The van der Waals surface area contributed by atoms with Crippen LogP contribution < -0.4 is 0 Å². The maximum atomic E-state index is 12.9. The molecule has 1 aliphatic rings. The van der Waals surface area contributed by atoms with E-state index in [0.29, 0.717) is 47.1 Å². The topological polar surface area (TPSA) is 114 Å². The summed E-state index contributed by atoms with van der Waals surface area (Å²) < 4.78 is 11.1. The highest BCUT2D eigenvalue weighted by atomic mass is 32.2. The zero-order chi connectivity index (χ0) is 17.9. The molecule has 10 heteroatoms. The number of hydrogen-bond donors (Lipinski definition) is 1. The molecule has 0 bridgehead atoms. The number of carbonyl (C=O) groups excluding carboxylic acids is 1. The minimum Gasteiger partial charge on any atom is -0.455 e. The highest BCUT2D eigenvalue weighted by molar-refractivity contribution is 7.98. The molecule has 0 aromatic carbocycles. The number of amides is 1. The Morgan fingerprint density at radius 1 is 1.46 bits per heavy atom. The van der Waals surface area contributed by atoms with Gasteiger partial charge in [0.15, 0.2) is 16.7 Å². The molecular weight excluding hydrogens is 356 g/mol. The second kappa shape index (κ2) is 7.32. The predicted octanol–water partition coefficient (Wildman–Crippen LogP) is 2.61. The van der Waals surface area contributed by atoms with Crippen molar-refractivity contribution in [3.8, 4) is 0 Å². The summed E-state index contributed by atoms with van der Waals surface area (Å²) >= 11 is 1.46. The summed E-state index contributed by atoms with van der Waals surface area (Å²) in [6, 6.07) is 3.33. The van der Waals surface area contributed by atoms with E-state index in [4.69, 9.17) is 8.94 Å². The third-order valence-electron chi connectivity index (χ3n) is 4.22. The van der Waals surface area contributed by atoms with Gasteiger partial charge in [-0.1, -0.05) is 23.8 Å². The Balaban J connectivity index is 1.44. The van der Waals surface area contributed by atoms with Gasteiger partial charge < -0.3 is 13.8 Å². The number of carbonyl (C=O) groups is 1. The summed E-state index contributed by atoms with van der Waals surface area (Å²) in [5, 5.41) is 11.2. The van der Waals surface area contributed by atoms with Gasteiger partial charge in [0.05, 0.1) is 5.75 Å². The molecule has 1 fully saturated rings. The van der Waals surface area contributed by atoms with E-state index in [1.165, 1.54) is 18.1 Å². The van der Waals surface area contributed by atoms with Crippen molar-refractivity contribution < 1.29 is 13.7 Å². The van der Waals surface area contributed by atoms with E-state index in [-0.39, 0.29) is 11.9 Å². The van der Waals surface area contributed by atoms with Crippen molar-refractivity contribution in [2.45, 2.75) is 43.1 Å². The van der Waals surface area contributed by atoms with Crippen LogP contribution in [0.25, 0.3) is 0 Å². The Kier molecular flexibility index (Phi) is 4.74. The van der Waals surface area contributed by atoms with Crippen molar-refractivity contribution in [1.29, 1.82) is 0 Å². The molecule has 26 heavy (non-hydrogen) atoms. The van der Waals surface area contributed by atoms with Gasteiger partial charge in [0.1, 0.15) is 18.1 Å². The van der Waals surface area contributed by atoms with Crippen molar-refractivity contribution in [2.24, 2.45) is 0 Å². The Morgan fingerprint density at radius 2 is 2.38 bits per heavy atom. The summed E-state index contributed by atoms with van der Waals surface area (Å²) in [5.41, 5.74) is 0. The monoisotopic (exact) mass is 374 g/mol. The van der Waals surface area contributed by atoms with Crippen LogP contribution in [0.15, 0.2) is 32.6 Å². The zero-order valence-electron chi connectivity index (χ0n) is 14.2. The molecule has 1 saturated heterocycles. The van der Waals surface area contributed by atoms with Gasteiger partial charge in [0.25, 0.3) is 5.91 Å². The van der Waals surface area contributed by atoms with E-state index in [9.17, 15) is 4.79 Å². The number of nitrogens with one attached hydrogen (secondary N) is 1. The maximum Gasteiger partial charge on any atom is 0.290 e. The van der Waals surface area contributed by atoms with Gasteiger partial charge in [-0.25, -0.2) is 4.98 Å². The molecule has 1 amide bonds. The van der Waals surface area contributed by atoms with Gasteiger partial charge in [-0.05, 0) is 25.0 Å². The summed E-state index contributed by atoms with van der Waals surface area (Å²) in [7, 11) is 0. The molecule has 4 heterocycles. The van der Waals surface area contributed by atoms with Gasteiger partial charge in [0, 0.05) is 13.0 Å². The Morgan fingerprint density at radius 3 is 3.15 bits per heavy atom. The predicted molar refractivity (Wildman–Crippen MR) is 91.3 cm³/mol. The molecular formula is C16H18N6O3S. The van der Waals surface area contributed by atoms with E-state index in [2.05, 4.69) is 25.3 Å². The first-order valence-electron chi connectivity index (χ1n) is 8.45. The molecule has 0 saturated carbocycles. The summed E-state index contributed by atoms with van der Waals surface area (Å²) in [6.07, 6.45) is 3.87. The molecule has 3 aromatic rings. The van der Waals surface area contributed by atoms with Crippen LogP contribution in [0.4, 0.5) is 0 Å². The van der Waals surface area contributed by atoms with Crippen LogP contribution in [-0.2, 0) is 12.2 Å². The van der Waals surface area contributed by atoms with Crippen LogP contribution in [0.1, 0.15) is 53.8 Å². The molecule has 0 spiro atoms. The maximum absolute atomic E-state index is 12.9. The molecule has 9 nitrogen and oxygen atoms in total. The van der Waals surface area contributed by atoms with Crippen LogP contribution in [0.2, 0.25) is 0 Å². The lowest BCUT2D eigenvalue weighted by molar-refractivity contribution is 0.0676. The number of hydrogen-bond acceptors (Lipinski definition) is 8. The number of rotatable bonds is 6. The average Bonchev–Trinajstić information content (AvgIpc) is 3.46. The van der Waals surface area contributed by atoms with E-state index in [1.54, 1.807) is 11.0 Å². The Bertz CT molecular complexity index is 874. The fourth-order valence-electron chi connectivity index (χ4n) is 2.93. The molecule has 4 rings (SSSR count). The van der Waals surface area contributed by atoms with Crippen molar-refractivity contribution in [3.05, 3.63) is 41.7 Å². The molecule has 3 aromatic heterocycles. The largest absolute Gasteiger partial charge is 0.455 e. The lowest BCUT2D eigenvalue weighted by Crippen LogP contribution is -2.30. The van der Waals surface area contributed by atoms with Crippen LogP contribution in [0.3, 0.4) is 0 Å². The molecule has 0 aliphatic carbocycles. The van der Waals surface area contributed by atoms with Crippen molar-refractivity contribution in [2.75, 3.05) is 6.54 Å². The van der Waals surface area contributed by atoms with Crippen molar-refractivity contribution >= 4 is 17.7 Å². The fourth-order valence-corrected chi connectivity index (χ4v) is 3.60. The third-order valence-corrected chi connectivity index (χ3v) is 5.11. The van der Waals surface area contributed by atoms with Crippen molar-refractivity contribution in [3.63, 3.8) is 0 Å². The number of thioether (sulfide) groups is 1. The molecule has 1 aliphatic heterocycles. The zero-order valence-corrected chi connectivity index (χ0v) is 15.0. The van der Waals surface area contributed by atoms with E-state index in [1.807, 2.05) is 13.0 Å². The Labute approximate surface area is 153 Å². The first kappa shape index (κ1) is 16.8. The Hall–Kier alpha value is -2.62. The lowest BCUT2D eigenvalue weighted by atomic mass is 10.2. The number of furan rings is 1. The lowest BCUT2D eigenvalue weighted by Gasteiger charge is -2.20. The van der Waals surface area contributed by atoms with E-state index >= 15 is 0 Å². The number of aromatic amines is 1. The molecule has 136 valence electrons. The van der Waals surface area contributed by atoms with Crippen LogP contribution in [0, 0.1) is 0 Å². The highest BCUT2D eigenvalue weighted by Gasteiger charge is 2.35. The second-order valence-corrected chi connectivity index (χ2v) is 6.87. The van der Waals surface area contributed by atoms with Crippen molar-refractivity contribution in [1.82, 2.24) is 30.2 Å². The number of likely N-dealkylation sites (tertiary alicyclic amines) is 1. The standard InChI is InChI=1S/C16H18N6O3S/c1-2-13-19-14(25-21-13)11-4-3-7-22(11)15(23)12-6-5-10(24-12)8-26-16-17-9-18-20-16/h5-6,9,11H,2-4,7-8H2,1H3,(H,17,18,20)/t11-/m0/s1. The second-order valence-electron chi connectivity index (χ2n) is 5.90. The summed E-state index contributed by atoms with van der Waals surface area (Å²) in [4.78, 5) is 23.0. The SMILES string of the molecule is CCc1noc([C@@H]2CCCN2C(=O)c2ccc(CSc3ncn[nH]3)o2)n1. The minimum atomic E-state index is -0.188. The van der Waals surface area contributed by atoms with Crippen LogP contribution >= 0.6 is 11.8 Å². The molecule has 1 atom stereocenters. The number of aromatic nitrogens is 5. The van der Waals surface area contributed by atoms with Crippen LogP contribution in [0.5, 0.6) is 0 Å². The average molecular weight is 374 g/mol. The summed E-state index contributed by atoms with van der Waals surface area (Å²) in [5.74, 6) is 2.59. The molecule has 1 N–H and O–H groups in total. The number of nitrogens with zero attached hydrogens (tertiary/aromatic N) is 5. The number of aryl methyl sites for hydroxylation is 1. The van der Waals surface area contributed by atoms with Crippen LogP contribution in [-0.4, -0.2) is 42.7 Å². The van der Waals surface area contributed by atoms with Gasteiger partial charge in [-0.15, -0.1) is 0 Å². The smallest absolute Gasteiger partial charge is 0.290 e. The first-order chi connectivity index (χ1) is 12.7. The fraction of sp³-hybridized carbons (Fsp3) is 0.438. The van der Waals surface area contributed by atoms with E-state index < -0.39 is 0 Å². The third kappa shape index (κ3) is 3.36. The summed E-state index contributed by atoms with van der Waals surface area (Å²) in [6.45, 7) is 2.61. The van der Waals surface area contributed by atoms with Gasteiger partial charge in [-0.2, -0.15) is 10.1 Å². The minimum absolute atomic E-state index is 0.153. The van der Waals surface area contributed by atoms with Gasteiger partial charge >= 0.3 is 0 Å². The molecule has 0 radical (unpaired) electrons. The highest BCUT2D eigenvalue weighted by Crippen LogP contribution is 2.32. The quantitative estimate of drug-likeness (QED) is 0.655. The number of H-pyrrole nitrogens is 1. The van der Waals surface area contributed by atoms with E-state index in [0.717, 1.165) is 12.8 Å². The molecule has 0 unspecified atom stereocenters. The van der Waals surface area contributed by atoms with Gasteiger partial charge in [-0.3, -0.25) is 9.89 Å². The first-order valence-corrected chi connectivity index (χ1v) is 9.43. The normalized spacial score (nSPS) is 17.1. The van der Waals surface area contributed by atoms with Gasteiger partial charge in [0.2, 0.25) is 5.89 Å².